The summed E-state index contributed by atoms with van der Waals surface area (Å²) in [6, 6.07) is 7.76. The summed E-state index contributed by atoms with van der Waals surface area (Å²) in [6.45, 7) is 1.42. The summed E-state index contributed by atoms with van der Waals surface area (Å²) in [5, 5.41) is 0. The molecule has 4 aliphatic carbocycles. The Balaban J connectivity index is 1.22. The molecule has 0 N–H and O–H groups in total. The van der Waals surface area contributed by atoms with Gasteiger partial charge in [-0.25, -0.2) is 4.79 Å². The summed E-state index contributed by atoms with van der Waals surface area (Å²) in [5.74, 6) is 2.58. The van der Waals surface area contributed by atoms with Crippen LogP contribution >= 0.6 is 0 Å². The minimum Gasteiger partial charge on any atom is -0.450 e. The van der Waals surface area contributed by atoms with Crippen molar-refractivity contribution in [1.29, 1.82) is 0 Å². The van der Waals surface area contributed by atoms with Crippen LogP contribution in [0.1, 0.15) is 67.3 Å². The molecule has 2 aliphatic heterocycles. The average molecular weight is 365 g/mol. The van der Waals surface area contributed by atoms with E-state index in [1.54, 1.807) is 0 Å². The van der Waals surface area contributed by atoms with Gasteiger partial charge in [-0.1, -0.05) is 18.2 Å². The van der Waals surface area contributed by atoms with E-state index >= 15 is 0 Å². The number of amides is 1. The van der Waals surface area contributed by atoms with Gasteiger partial charge in [0.15, 0.2) is 0 Å². The highest BCUT2D eigenvalue weighted by molar-refractivity contribution is 5.94. The van der Waals surface area contributed by atoms with Crippen LogP contribution in [-0.2, 0) is 15.1 Å². The number of esters is 1. The fraction of sp³-hybridized carbons (Fsp3) is 0.652. The van der Waals surface area contributed by atoms with Gasteiger partial charge in [-0.05, 0) is 62.3 Å². The summed E-state index contributed by atoms with van der Waals surface area (Å²) < 4.78 is 5.86. The molecule has 4 heteroatoms. The van der Waals surface area contributed by atoms with E-state index in [1.807, 2.05) is 24.3 Å². The molecule has 7 rings (SSSR count). The molecule has 2 heterocycles. The van der Waals surface area contributed by atoms with Crippen LogP contribution in [-0.4, -0.2) is 29.9 Å². The zero-order valence-corrected chi connectivity index (χ0v) is 15.8. The number of fused-ring (bicyclic) bond motifs is 2. The summed E-state index contributed by atoms with van der Waals surface area (Å²) in [6.07, 6.45) is 8.92. The van der Waals surface area contributed by atoms with E-state index < -0.39 is 5.60 Å². The molecule has 5 fully saturated rings. The van der Waals surface area contributed by atoms with E-state index in [0.717, 1.165) is 55.4 Å². The van der Waals surface area contributed by atoms with Gasteiger partial charge in [-0.15, -0.1) is 0 Å². The lowest BCUT2D eigenvalue weighted by Crippen LogP contribution is -2.56. The number of benzene rings is 1. The summed E-state index contributed by atoms with van der Waals surface area (Å²) in [4.78, 5) is 28.0. The lowest BCUT2D eigenvalue weighted by molar-refractivity contribution is -0.161. The molecule has 1 amide bonds. The Morgan fingerprint density at radius 3 is 2.19 bits per heavy atom. The number of hydrogen-bond acceptors (Lipinski definition) is 3. The normalized spacial score (nSPS) is 38.1. The van der Waals surface area contributed by atoms with Gasteiger partial charge >= 0.3 is 5.97 Å². The highest BCUT2D eigenvalue weighted by Crippen LogP contribution is 2.60. The van der Waals surface area contributed by atoms with Gasteiger partial charge < -0.3 is 9.64 Å². The summed E-state index contributed by atoms with van der Waals surface area (Å²) >= 11 is 0. The Hall–Kier alpha value is -1.84. The van der Waals surface area contributed by atoms with Gasteiger partial charge in [0.25, 0.3) is 0 Å². The van der Waals surface area contributed by atoms with Crippen LogP contribution in [0.5, 0.6) is 0 Å². The number of hydrogen-bond donors (Lipinski definition) is 0. The molecule has 0 radical (unpaired) electrons. The molecular formula is C23H27NO3. The largest absolute Gasteiger partial charge is 0.450 e. The topological polar surface area (TPSA) is 46.6 Å². The van der Waals surface area contributed by atoms with Gasteiger partial charge in [-0.2, -0.15) is 0 Å². The van der Waals surface area contributed by atoms with Gasteiger partial charge in [0.05, 0.1) is 11.0 Å². The molecule has 1 saturated heterocycles. The summed E-state index contributed by atoms with van der Waals surface area (Å²) in [7, 11) is 0. The second kappa shape index (κ2) is 5.36. The Kier molecular flexibility index (Phi) is 3.21. The lowest BCUT2D eigenvalue weighted by atomic mass is 9.49. The predicted molar refractivity (Wildman–Crippen MR) is 100.0 cm³/mol. The van der Waals surface area contributed by atoms with Gasteiger partial charge in [0.2, 0.25) is 5.91 Å². The third kappa shape index (κ3) is 2.22. The average Bonchev–Trinajstić information content (AvgIpc) is 2.93. The molecule has 0 unspecified atom stereocenters. The van der Waals surface area contributed by atoms with Crippen LogP contribution < -0.4 is 0 Å². The maximum Gasteiger partial charge on any atom is 0.339 e. The third-order valence-corrected chi connectivity index (χ3v) is 8.28. The highest BCUT2D eigenvalue weighted by atomic mass is 16.6. The maximum absolute atomic E-state index is 13.6. The minimum absolute atomic E-state index is 0.0660. The van der Waals surface area contributed by atoms with Crippen LogP contribution in [0.2, 0.25) is 0 Å². The fourth-order valence-electron chi connectivity index (χ4n) is 7.50. The Bertz CT molecular complexity index is 785. The molecule has 6 aliphatic rings. The van der Waals surface area contributed by atoms with Crippen LogP contribution in [0.4, 0.5) is 0 Å². The molecule has 0 atom stereocenters. The smallest absolute Gasteiger partial charge is 0.339 e. The van der Waals surface area contributed by atoms with Crippen LogP contribution in [0.15, 0.2) is 24.3 Å². The van der Waals surface area contributed by atoms with E-state index in [0.29, 0.717) is 24.6 Å². The van der Waals surface area contributed by atoms with Crippen molar-refractivity contribution in [1.82, 2.24) is 4.90 Å². The van der Waals surface area contributed by atoms with E-state index in [4.69, 9.17) is 4.74 Å². The van der Waals surface area contributed by atoms with Crippen molar-refractivity contribution >= 4 is 11.9 Å². The number of ether oxygens (including phenoxy) is 1. The standard InChI is InChI=1S/C23H27NO3/c25-20-18-3-1-2-4-19(18)23(27-20)5-7-24(8-6-23)21(26)22-12-15-9-16(13-22)11-17(10-15)14-22/h1-4,15-17H,5-14H2. The first-order chi connectivity index (χ1) is 13.1. The number of carbonyl (C=O) groups is 2. The van der Waals surface area contributed by atoms with Crippen LogP contribution in [0.3, 0.4) is 0 Å². The van der Waals surface area contributed by atoms with E-state index in [-0.39, 0.29) is 11.4 Å². The second-order valence-corrected chi connectivity index (χ2v) is 9.92. The molecule has 1 aromatic rings. The summed E-state index contributed by atoms with van der Waals surface area (Å²) in [5.41, 5.74) is 1.16. The van der Waals surface area contributed by atoms with Crippen molar-refractivity contribution in [3.05, 3.63) is 35.4 Å². The van der Waals surface area contributed by atoms with Crippen LogP contribution in [0, 0.1) is 23.2 Å². The monoisotopic (exact) mass is 365 g/mol. The third-order valence-electron chi connectivity index (χ3n) is 8.28. The molecule has 4 saturated carbocycles. The first-order valence-electron chi connectivity index (χ1n) is 10.7. The first kappa shape index (κ1) is 16.1. The number of nitrogens with zero attached hydrogens (tertiary/aromatic N) is 1. The van der Waals surface area contributed by atoms with Gasteiger partial charge in [-0.3, -0.25) is 4.79 Å². The Labute approximate surface area is 160 Å². The molecule has 4 nitrogen and oxygen atoms in total. The van der Waals surface area contributed by atoms with Crippen molar-refractivity contribution in [3.63, 3.8) is 0 Å². The fourth-order valence-corrected chi connectivity index (χ4v) is 7.50. The van der Waals surface area contributed by atoms with Gasteiger partial charge in [0.1, 0.15) is 5.60 Å². The second-order valence-electron chi connectivity index (χ2n) is 9.92. The van der Waals surface area contributed by atoms with Crippen molar-refractivity contribution in [2.75, 3.05) is 13.1 Å². The molecule has 1 spiro atoms. The number of carbonyl (C=O) groups excluding carboxylic acids is 2. The van der Waals surface area contributed by atoms with Gasteiger partial charge in [0, 0.05) is 31.5 Å². The quantitative estimate of drug-likeness (QED) is 0.709. The van der Waals surface area contributed by atoms with E-state index in [1.165, 1.54) is 19.3 Å². The number of likely N-dealkylation sites (tertiary alicyclic amines) is 1. The van der Waals surface area contributed by atoms with Crippen molar-refractivity contribution < 1.29 is 14.3 Å². The zero-order chi connectivity index (χ0) is 18.2. The molecule has 142 valence electrons. The molecule has 4 bridgehead atoms. The molecule has 0 aromatic heterocycles. The molecule has 1 aromatic carbocycles. The first-order valence-corrected chi connectivity index (χ1v) is 10.7. The van der Waals surface area contributed by atoms with E-state index in [9.17, 15) is 9.59 Å². The van der Waals surface area contributed by atoms with Crippen molar-refractivity contribution in [2.24, 2.45) is 23.2 Å². The number of rotatable bonds is 1. The van der Waals surface area contributed by atoms with Crippen molar-refractivity contribution in [2.45, 2.75) is 57.0 Å². The highest BCUT2D eigenvalue weighted by Gasteiger charge is 2.56. The van der Waals surface area contributed by atoms with Crippen LogP contribution in [0.25, 0.3) is 0 Å². The lowest BCUT2D eigenvalue weighted by Gasteiger charge is -2.57. The predicted octanol–water partition coefficient (Wildman–Crippen LogP) is 3.89. The number of piperidine rings is 1. The maximum atomic E-state index is 13.6. The minimum atomic E-state index is -0.508. The SMILES string of the molecule is O=C1OC2(CCN(C(=O)C34CC5CC(CC(C5)C3)C4)CC2)c2ccccc21. The van der Waals surface area contributed by atoms with E-state index in [2.05, 4.69) is 4.90 Å². The Morgan fingerprint density at radius 2 is 1.56 bits per heavy atom. The molecule has 27 heavy (non-hydrogen) atoms. The molecular weight excluding hydrogens is 338 g/mol. The zero-order valence-electron chi connectivity index (χ0n) is 15.8. The Morgan fingerprint density at radius 1 is 0.963 bits per heavy atom. The van der Waals surface area contributed by atoms with Crippen molar-refractivity contribution in [3.8, 4) is 0 Å².